The molecule has 0 atom stereocenters. The second kappa shape index (κ2) is 9.26. The lowest BCUT2D eigenvalue weighted by molar-refractivity contribution is 0.0951. The topological polar surface area (TPSA) is 56.2 Å². The largest absolute Gasteiger partial charge is 0.496 e. The Labute approximate surface area is 180 Å². The molecule has 0 unspecified atom stereocenters. The fraction of sp³-hybridized carbons (Fsp3) is 0.120. The first-order valence-electron chi connectivity index (χ1n) is 9.91. The molecule has 1 heterocycles. The highest BCUT2D eigenvalue weighted by Gasteiger charge is 2.20. The molecule has 0 radical (unpaired) electrons. The van der Waals surface area contributed by atoms with Gasteiger partial charge in [-0.05, 0) is 35.4 Å². The maximum atomic E-state index is 13.1. The van der Waals surface area contributed by atoms with Crippen molar-refractivity contribution in [3.63, 3.8) is 0 Å². The minimum absolute atomic E-state index is 0.260. The van der Waals surface area contributed by atoms with Crippen molar-refractivity contribution < 1.29 is 13.9 Å². The Morgan fingerprint density at radius 1 is 0.968 bits per heavy atom. The first-order chi connectivity index (χ1) is 15.1. The second-order valence-corrected chi connectivity index (χ2v) is 7.08. The maximum Gasteiger partial charge on any atom is 0.255 e. The van der Waals surface area contributed by atoms with E-state index < -0.39 is 0 Å². The molecule has 4 aromatic rings. The van der Waals surface area contributed by atoms with Crippen molar-refractivity contribution in [2.45, 2.75) is 13.1 Å². The molecule has 1 aromatic heterocycles. The molecule has 0 saturated carbocycles. The van der Waals surface area contributed by atoms with Gasteiger partial charge in [-0.15, -0.1) is 0 Å². The number of hydrogen-bond acceptors (Lipinski definition) is 3. The van der Waals surface area contributed by atoms with Crippen molar-refractivity contribution in [1.29, 1.82) is 0 Å². The highest BCUT2D eigenvalue weighted by molar-refractivity contribution is 6.00. The van der Waals surface area contributed by atoms with Crippen LogP contribution in [0, 0.1) is 5.82 Å². The van der Waals surface area contributed by atoms with E-state index in [1.165, 1.54) is 12.1 Å². The molecule has 1 amide bonds. The summed E-state index contributed by atoms with van der Waals surface area (Å²) in [7, 11) is 1.59. The monoisotopic (exact) mass is 415 g/mol. The number of nitrogens with zero attached hydrogens (tertiary/aromatic N) is 2. The predicted octanol–water partition coefficient (Wildman–Crippen LogP) is 4.68. The Balaban J connectivity index is 1.65. The van der Waals surface area contributed by atoms with Crippen molar-refractivity contribution in [1.82, 2.24) is 15.1 Å². The number of ether oxygens (including phenoxy) is 1. The minimum atomic E-state index is -0.310. The number of nitrogens with one attached hydrogen (secondary N) is 1. The molecule has 0 aliphatic carbocycles. The van der Waals surface area contributed by atoms with Crippen LogP contribution in [0.3, 0.4) is 0 Å². The first-order valence-corrected chi connectivity index (χ1v) is 9.91. The van der Waals surface area contributed by atoms with Gasteiger partial charge in [0, 0.05) is 18.3 Å². The number of benzene rings is 3. The van der Waals surface area contributed by atoms with Crippen LogP contribution in [0.25, 0.3) is 11.3 Å². The van der Waals surface area contributed by atoms with Crippen molar-refractivity contribution in [3.8, 4) is 17.0 Å². The van der Waals surface area contributed by atoms with Crippen LogP contribution in [0.4, 0.5) is 4.39 Å². The Bertz CT molecular complexity index is 1170. The quantitative estimate of drug-likeness (QED) is 0.477. The molecule has 3 aromatic carbocycles. The first kappa shape index (κ1) is 20.3. The number of carbonyl (C=O) groups is 1. The van der Waals surface area contributed by atoms with E-state index in [9.17, 15) is 9.18 Å². The van der Waals surface area contributed by atoms with Crippen LogP contribution in [0.1, 0.15) is 21.5 Å². The summed E-state index contributed by atoms with van der Waals surface area (Å²) in [6.07, 6.45) is 1.74. The second-order valence-electron chi connectivity index (χ2n) is 7.08. The summed E-state index contributed by atoms with van der Waals surface area (Å²) in [6, 6.07) is 23.4. The standard InChI is InChI=1S/C25H22FN3O2/c1-31-23-10-6-5-9-21(23)24-22(17-29(28-24)16-19-7-3-2-4-8-19)25(30)27-15-18-11-13-20(26)14-12-18/h2-14,17H,15-16H2,1H3,(H,27,30). The summed E-state index contributed by atoms with van der Waals surface area (Å²) >= 11 is 0. The molecule has 4 rings (SSSR count). The van der Waals surface area contributed by atoms with E-state index in [4.69, 9.17) is 9.84 Å². The lowest BCUT2D eigenvalue weighted by Gasteiger charge is -2.08. The van der Waals surface area contributed by atoms with Gasteiger partial charge >= 0.3 is 0 Å². The predicted molar refractivity (Wildman–Crippen MR) is 117 cm³/mol. The van der Waals surface area contributed by atoms with Crippen LogP contribution in [-0.4, -0.2) is 22.8 Å². The summed E-state index contributed by atoms with van der Waals surface area (Å²) in [6.45, 7) is 0.822. The average Bonchev–Trinajstić information content (AvgIpc) is 3.22. The van der Waals surface area contributed by atoms with Gasteiger partial charge in [-0.1, -0.05) is 54.6 Å². The number of aromatic nitrogens is 2. The zero-order valence-corrected chi connectivity index (χ0v) is 17.1. The molecule has 0 aliphatic rings. The third-order valence-corrected chi connectivity index (χ3v) is 4.92. The summed E-state index contributed by atoms with van der Waals surface area (Å²) in [5.41, 5.74) is 3.62. The maximum absolute atomic E-state index is 13.1. The third kappa shape index (κ3) is 4.80. The van der Waals surface area contributed by atoms with Crippen molar-refractivity contribution in [2.75, 3.05) is 7.11 Å². The number of halogens is 1. The fourth-order valence-corrected chi connectivity index (χ4v) is 3.36. The van der Waals surface area contributed by atoms with Gasteiger partial charge in [-0.2, -0.15) is 5.10 Å². The lowest BCUT2D eigenvalue weighted by atomic mass is 10.1. The number of para-hydroxylation sites is 1. The molecule has 0 fully saturated rings. The number of methoxy groups -OCH3 is 1. The van der Waals surface area contributed by atoms with Gasteiger partial charge in [-0.3, -0.25) is 9.48 Å². The van der Waals surface area contributed by atoms with Gasteiger partial charge < -0.3 is 10.1 Å². The summed E-state index contributed by atoms with van der Waals surface area (Å²) in [5, 5.41) is 7.60. The Morgan fingerprint density at radius 3 is 2.42 bits per heavy atom. The van der Waals surface area contributed by atoms with E-state index >= 15 is 0 Å². The molecule has 0 aliphatic heterocycles. The fourth-order valence-electron chi connectivity index (χ4n) is 3.36. The number of hydrogen-bond donors (Lipinski definition) is 1. The number of carbonyl (C=O) groups excluding carboxylic acids is 1. The van der Waals surface area contributed by atoms with Crippen molar-refractivity contribution in [2.24, 2.45) is 0 Å². The van der Waals surface area contributed by atoms with Gasteiger partial charge in [0.05, 0.1) is 19.2 Å². The normalized spacial score (nSPS) is 10.6. The average molecular weight is 415 g/mol. The molecule has 1 N–H and O–H groups in total. The zero-order valence-electron chi connectivity index (χ0n) is 17.1. The van der Waals surface area contributed by atoms with E-state index in [0.29, 0.717) is 23.6 Å². The molecule has 0 spiro atoms. The Morgan fingerprint density at radius 2 is 1.68 bits per heavy atom. The Hall–Kier alpha value is -3.93. The Kier molecular flexibility index (Phi) is 6.08. The van der Waals surface area contributed by atoms with Gasteiger partial charge in [0.25, 0.3) is 5.91 Å². The molecule has 0 saturated heterocycles. The molecule has 0 bridgehead atoms. The van der Waals surface area contributed by atoms with Gasteiger partial charge in [0.1, 0.15) is 17.3 Å². The van der Waals surface area contributed by atoms with Crippen LogP contribution >= 0.6 is 0 Å². The van der Waals surface area contributed by atoms with Crippen LogP contribution in [0.5, 0.6) is 5.75 Å². The molecule has 6 heteroatoms. The van der Waals surface area contributed by atoms with Gasteiger partial charge in [-0.25, -0.2) is 4.39 Å². The summed E-state index contributed by atoms with van der Waals surface area (Å²) in [4.78, 5) is 13.1. The molecular weight excluding hydrogens is 393 g/mol. The summed E-state index contributed by atoms with van der Waals surface area (Å²) in [5.74, 6) is 0.0697. The zero-order chi connectivity index (χ0) is 21.6. The molecule has 5 nitrogen and oxygen atoms in total. The van der Waals surface area contributed by atoms with E-state index in [-0.39, 0.29) is 18.3 Å². The van der Waals surface area contributed by atoms with Crippen LogP contribution < -0.4 is 10.1 Å². The smallest absolute Gasteiger partial charge is 0.255 e. The number of amides is 1. The van der Waals surface area contributed by atoms with E-state index in [1.54, 1.807) is 30.1 Å². The number of rotatable bonds is 7. The molecule has 31 heavy (non-hydrogen) atoms. The van der Waals surface area contributed by atoms with Crippen molar-refractivity contribution in [3.05, 3.63) is 108 Å². The lowest BCUT2D eigenvalue weighted by Crippen LogP contribution is -2.23. The summed E-state index contributed by atoms with van der Waals surface area (Å²) < 4.78 is 20.4. The van der Waals surface area contributed by atoms with E-state index in [0.717, 1.165) is 16.7 Å². The van der Waals surface area contributed by atoms with E-state index in [2.05, 4.69) is 5.32 Å². The van der Waals surface area contributed by atoms with Crippen LogP contribution in [0.2, 0.25) is 0 Å². The van der Waals surface area contributed by atoms with Crippen LogP contribution in [-0.2, 0) is 13.1 Å². The van der Waals surface area contributed by atoms with Crippen molar-refractivity contribution >= 4 is 5.91 Å². The molecule has 156 valence electrons. The van der Waals surface area contributed by atoms with Gasteiger partial charge in [0.2, 0.25) is 0 Å². The SMILES string of the molecule is COc1ccccc1-c1nn(Cc2ccccc2)cc1C(=O)NCc1ccc(F)cc1. The highest BCUT2D eigenvalue weighted by Crippen LogP contribution is 2.31. The third-order valence-electron chi connectivity index (χ3n) is 4.92. The van der Waals surface area contributed by atoms with Crippen LogP contribution in [0.15, 0.2) is 85.1 Å². The highest BCUT2D eigenvalue weighted by atomic mass is 19.1. The minimum Gasteiger partial charge on any atom is -0.496 e. The van der Waals surface area contributed by atoms with E-state index in [1.807, 2.05) is 54.6 Å². The molecular formula is C25H22FN3O2. The van der Waals surface area contributed by atoms with Gasteiger partial charge in [0.15, 0.2) is 0 Å².